The lowest BCUT2D eigenvalue weighted by Crippen LogP contribution is -2.30. The second kappa shape index (κ2) is 6.53. The third-order valence-corrected chi connectivity index (χ3v) is 4.64. The van der Waals surface area contributed by atoms with Gasteiger partial charge < -0.3 is 15.2 Å². The maximum absolute atomic E-state index is 12.4. The molecule has 3 rings (SSSR count). The first-order valence-electron chi connectivity index (χ1n) is 8.29. The number of carbonyl (C=O) groups excluding carboxylic acids is 1. The van der Waals surface area contributed by atoms with Crippen LogP contribution in [0.15, 0.2) is 30.5 Å². The van der Waals surface area contributed by atoms with Crippen LogP contribution in [0, 0.1) is 0 Å². The molecule has 22 heavy (non-hydrogen) atoms. The number of hydrogen-bond donors (Lipinski definition) is 1. The topological polar surface area (TPSA) is 51.3 Å². The maximum Gasteiger partial charge on any atom is 0.242 e. The first-order valence-corrected chi connectivity index (χ1v) is 8.29. The average molecular weight is 299 g/mol. The van der Waals surface area contributed by atoms with Crippen molar-refractivity contribution in [3.05, 3.63) is 36.0 Å². The Morgan fingerprint density at radius 3 is 2.73 bits per heavy atom. The van der Waals surface area contributed by atoms with E-state index < -0.39 is 0 Å². The number of nitrogens with zero attached hydrogens (tertiary/aromatic N) is 2. The van der Waals surface area contributed by atoms with Crippen molar-refractivity contribution in [1.82, 2.24) is 9.47 Å². The lowest BCUT2D eigenvalue weighted by molar-refractivity contribution is -0.130. The van der Waals surface area contributed by atoms with Crippen molar-refractivity contribution >= 4 is 16.8 Å². The van der Waals surface area contributed by atoms with Crippen LogP contribution in [0.4, 0.5) is 0 Å². The van der Waals surface area contributed by atoms with E-state index in [-0.39, 0.29) is 11.9 Å². The van der Waals surface area contributed by atoms with E-state index in [1.54, 1.807) is 0 Å². The van der Waals surface area contributed by atoms with E-state index in [1.807, 2.05) is 11.0 Å². The van der Waals surface area contributed by atoms with E-state index in [1.165, 1.54) is 10.9 Å². The largest absolute Gasteiger partial charge is 0.341 e. The molecule has 118 valence electrons. The van der Waals surface area contributed by atoms with Crippen LogP contribution in [0.25, 0.3) is 10.9 Å². The van der Waals surface area contributed by atoms with Crippen molar-refractivity contribution < 1.29 is 4.79 Å². The highest BCUT2D eigenvalue weighted by Crippen LogP contribution is 2.23. The second-order valence-electron chi connectivity index (χ2n) is 6.26. The van der Waals surface area contributed by atoms with Crippen LogP contribution in [0.1, 0.15) is 31.7 Å². The standard InChI is InChI=1S/C18H25N3O/c1-2-15(19)11-14-12-21(17-8-4-3-7-16(14)17)13-18(22)20-9-5-6-10-20/h3-4,7-8,12,15H,2,5-6,9-11,13,19H2,1H3. The van der Waals surface area contributed by atoms with Crippen LogP contribution < -0.4 is 5.73 Å². The minimum absolute atomic E-state index is 0.175. The van der Waals surface area contributed by atoms with Gasteiger partial charge in [-0.1, -0.05) is 25.1 Å². The fourth-order valence-electron chi connectivity index (χ4n) is 3.26. The smallest absolute Gasteiger partial charge is 0.242 e. The second-order valence-corrected chi connectivity index (χ2v) is 6.26. The highest BCUT2D eigenvalue weighted by molar-refractivity contribution is 5.86. The van der Waals surface area contributed by atoms with Crippen LogP contribution in [0.5, 0.6) is 0 Å². The molecule has 1 amide bonds. The Bertz CT molecular complexity index is 655. The Kier molecular flexibility index (Phi) is 4.48. The normalized spacial score (nSPS) is 16.4. The summed E-state index contributed by atoms with van der Waals surface area (Å²) in [7, 11) is 0. The van der Waals surface area contributed by atoms with Gasteiger partial charge in [-0.15, -0.1) is 0 Å². The van der Waals surface area contributed by atoms with E-state index in [9.17, 15) is 4.79 Å². The fraction of sp³-hybridized carbons (Fsp3) is 0.500. The lowest BCUT2D eigenvalue weighted by atomic mass is 10.0. The van der Waals surface area contributed by atoms with E-state index >= 15 is 0 Å². The summed E-state index contributed by atoms with van der Waals surface area (Å²) < 4.78 is 2.09. The summed E-state index contributed by atoms with van der Waals surface area (Å²) >= 11 is 0. The molecule has 0 saturated carbocycles. The van der Waals surface area contributed by atoms with Gasteiger partial charge >= 0.3 is 0 Å². The van der Waals surface area contributed by atoms with Crippen molar-refractivity contribution in [2.45, 2.75) is 45.2 Å². The molecule has 4 heteroatoms. The number of likely N-dealkylation sites (tertiary alicyclic amines) is 1. The van der Waals surface area contributed by atoms with Gasteiger partial charge in [-0.25, -0.2) is 0 Å². The van der Waals surface area contributed by atoms with Gasteiger partial charge in [0.05, 0.1) is 0 Å². The SMILES string of the molecule is CCC(N)Cc1cn(CC(=O)N2CCCC2)c2ccccc12. The molecule has 2 aromatic rings. The molecule has 1 aliphatic heterocycles. The average Bonchev–Trinajstić information content (AvgIpc) is 3.17. The van der Waals surface area contributed by atoms with E-state index in [0.717, 1.165) is 44.3 Å². The third kappa shape index (κ3) is 3.02. The first-order chi connectivity index (χ1) is 10.7. The molecule has 4 nitrogen and oxygen atoms in total. The van der Waals surface area contributed by atoms with Crippen LogP contribution in [-0.4, -0.2) is 34.5 Å². The van der Waals surface area contributed by atoms with Crippen LogP contribution in [-0.2, 0) is 17.8 Å². The number of hydrogen-bond acceptors (Lipinski definition) is 2. The Balaban J connectivity index is 1.87. The molecule has 1 atom stereocenters. The summed E-state index contributed by atoms with van der Waals surface area (Å²) in [5, 5.41) is 1.22. The van der Waals surface area contributed by atoms with Crippen LogP contribution in [0.3, 0.4) is 0 Å². The highest BCUT2D eigenvalue weighted by atomic mass is 16.2. The lowest BCUT2D eigenvalue weighted by Gasteiger charge is -2.16. The molecule has 0 aliphatic carbocycles. The first kappa shape index (κ1) is 15.1. The van der Waals surface area contributed by atoms with Crippen molar-refractivity contribution in [3.8, 4) is 0 Å². The number of amides is 1. The molecule has 1 saturated heterocycles. The zero-order valence-corrected chi connectivity index (χ0v) is 13.3. The summed E-state index contributed by atoms with van der Waals surface area (Å²) in [5.74, 6) is 0.226. The molecule has 1 aliphatic rings. The Morgan fingerprint density at radius 2 is 2.00 bits per heavy atom. The van der Waals surface area contributed by atoms with Crippen molar-refractivity contribution in [2.24, 2.45) is 5.73 Å². The summed E-state index contributed by atoms with van der Waals surface area (Å²) in [6.07, 6.45) is 6.21. The molecule has 1 unspecified atom stereocenters. The Hall–Kier alpha value is -1.81. The van der Waals surface area contributed by atoms with E-state index in [2.05, 4.69) is 35.9 Å². The van der Waals surface area contributed by atoms with Gasteiger partial charge in [0.15, 0.2) is 0 Å². The van der Waals surface area contributed by atoms with Gasteiger partial charge in [0.2, 0.25) is 5.91 Å². The molecule has 0 spiro atoms. The summed E-state index contributed by atoms with van der Waals surface area (Å²) in [4.78, 5) is 14.4. The van der Waals surface area contributed by atoms with E-state index in [0.29, 0.717) is 6.54 Å². The van der Waals surface area contributed by atoms with Crippen molar-refractivity contribution in [1.29, 1.82) is 0 Å². The molecular weight excluding hydrogens is 274 g/mol. The molecule has 1 aromatic heterocycles. The van der Waals surface area contributed by atoms with Crippen molar-refractivity contribution in [3.63, 3.8) is 0 Å². The number of nitrogens with two attached hydrogens (primary N) is 1. The Morgan fingerprint density at radius 1 is 1.27 bits per heavy atom. The zero-order valence-electron chi connectivity index (χ0n) is 13.3. The number of aromatic nitrogens is 1. The minimum atomic E-state index is 0.175. The van der Waals surface area contributed by atoms with Gasteiger partial charge in [0.25, 0.3) is 0 Å². The quantitative estimate of drug-likeness (QED) is 0.922. The molecule has 1 fully saturated rings. The molecule has 0 radical (unpaired) electrons. The third-order valence-electron chi connectivity index (χ3n) is 4.64. The maximum atomic E-state index is 12.4. The monoisotopic (exact) mass is 299 g/mol. The Labute approximate surface area is 131 Å². The number of carbonyl (C=O) groups is 1. The van der Waals surface area contributed by atoms with Gasteiger partial charge in [0.1, 0.15) is 6.54 Å². The van der Waals surface area contributed by atoms with Gasteiger partial charge in [-0.3, -0.25) is 4.79 Å². The zero-order chi connectivity index (χ0) is 15.5. The van der Waals surface area contributed by atoms with Gasteiger partial charge in [0, 0.05) is 36.2 Å². The highest BCUT2D eigenvalue weighted by Gasteiger charge is 2.19. The number of rotatable bonds is 5. The molecular formula is C18H25N3O. The summed E-state index contributed by atoms with van der Waals surface area (Å²) in [5.41, 5.74) is 8.50. The minimum Gasteiger partial charge on any atom is -0.341 e. The van der Waals surface area contributed by atoms with Gasteiger partial charge in [-0.2, -0.15) is 0 Å². The number of benzene rings is 1. The van der Waals surface area contributed by atoms with Crippen LogP contribution in [0.2, 0.25) is 0 Å². The summed E-state index contributed by atoms with van der Waals surface area (Å²) in [6.45, 7) is 4.36. The van der Waals surface area contributed by atoms with Gasteiger partial charge in [-0.05, 0) is 37.3 Å². The van der Waals surface area contributed by atoms with Crippen LogP contribution >= 0.6 is 0 Å². The fourth-order valence-corrected chi connectivity index (χ4v) is 3.26. The molecule has 0 bridgehead atoms. The van der Waals surface area contributed by atoms with Crippen molar-refractivity contribution in [2.75, 3.05) is 13.1 Å². The molecule has 2 N–H and O–H groups in total. The predicted octanol–water partition coefficient (Wildman–Crippen LogP) is 2.54. The number of para-hydroxylation sites is 1. The predicted molar refractivity (Wildman–Crippen MR) is 89.7 cm³/mol. The number of fused-ring (bicyclic) bond motifs is 1. The molecule has 1 aromatic carbocycles. The summed E-state index contributed by atoms with van der Waals surface area (Å²) in [6, 6.07) is 8.48. The van der Waals surface area contributed by atoms with E-state index in [4.69, 9.17) is 5.73 Å². The molecule has 2 heterocycles.